The molecule has 2 rings (SSSR count). The van der Waals surface area contributed by atoms with Gasteiger partial charge in [-0.15, -0.1) is 0 Å². The maximum Gasteiger partial charge on any atom is 0.311 e. The van der Waals surface area contributed by atoms with Gasteiger partial charge >= 0.3 is 5.97 Å². The molecule has 0 N–H and O–H groups in total. The highest BCUT2D eigenvalue weighted by Gasteiger charge is 2.37. The van der Waals surface area contributed by atoms with Gasteiger partial charge in [-0.2, -0.15) is 0 Å². The van der Waals surface area contributed by atoms with E-state index in [9.17, 15) is 9.59 Å². The van der Waals surface area contributed by atoms with E-state index < -0.39 is 0 Å². The highest BCUT2D eigenvalue weighted by molar-refractivity contribution is 5.86. The van der Waals surface area contributed by atoms with Crippen LogP contribution in [0.4, 0.5) is 0 Å². The van der Waals surface area contributed by atoms with Gasteiger partial charge in [-0.1, -0.05) is 0 Å². The average molecular weight is 211 g/mol. The monoisotopic (exact) mass is 211 g/mol. The lowest BCUT2D eigenvalue weighted by molar-refractivity contribution is -0.147. The molecule has 1 amide bonds. The third kappa shape index (κ3) is 2.49. The Hall–Kier alpha value is -1.06. The van der Waals surface area contributed by atoms with Crippen molar-refractivity contribution in [1.82, 2.24) is 4.90 Å². The summed E-state index contributed by atoms with van der Waals surface area (Å²) in [5.41, 5.74) is 0. The van der Waals surface area contributed by atoms with Crippen LogP contribution in [-0.2, 0) is 14.3 Å². The smallest absolute Gasteiger partial charge is 0.311 e. The number of likely N-dealkylation sites (tertiary alicyclic amines) is 1. The zero-order valence-corrected chi connectivity index (χ0v) is 9.07. The van der Waals surface area contributed by atoms with Crippen LogP contribution in [0.3, 0.4) is 0 Å². The van der Waals surface area contributed by atoms with Crippen LogP contribution in [0.25, 0.3) is 0 Å². The van der Waals surface area contributed by atoms with E-state index in [1.807, 2.05) is 4.90 Å². The van der Waals surface area contributed by atoms with Crippen molar-refractivity contribution >= 4 is 11.9 Å². The topological polar surface area (TPSA) is 46.6 Å². The Morgan fingerprint density at radius 2 is 2.27 bits per heavy atom. The molecule has 4 nitrogen and oxygen atoms in total. The highest BCUT2D eigenvalue weighted by atomic mass is 16.5. The Morgan fingerprint density at radius 1 is 1.53 bits per heavy atom. The molecule has 2 fully saturated rings. The van der Waals surface area contributed by atoms with Gasteiger partial charge in [0.05, 0.1) is 12.5 Å². The Balaban J connectivity index is 1.84. The molecule has 0 bridgehead atoms. The number of hydrogen-bond donors (Lipinski definition) is 0. The number of esters is 1. The van der Waals surface area contributed by atoms with E-state index in [1.165, 1.54) is 12.8 Å². The van der Waals surface area contributed by atoms with Crippen LogP contribution in [-0.4, -0.2) is 36.5 Å². The molecule has 0 spiro atoms. The number of amides is 1. The Morgan fingerprint density at radius 3 is 2.87 bits per heavy atom. The fourth-order valence-corrected chi connectivity index (χ4v) is 1.98. The van der Waals surface area contributed by atoms with E-state index in [4.69, 9.17) is 4.74 Å². The molecule has 84 valence electrons. The molecule has 15 heavy (non-hydrogen) atoms. The van der Waals surface area contributed by atoms with Crippen LogP contribution in [0.2, 0.25) is 0 Å². The summed E-state index contributed by atoms with van der Waals surface area (Å²) in [6.07, 6.45) is 2.80. The Kier molecular flexibility index (Phi) is 2.93. The van der Waals surface area contributed by atoms with Gasteiger partial charge in [0.25, 0.3) is 0 Å². The first-order valence-electron chi connectivity index (χ1n) is 5.65. The van der Waals surface area contributed by atoms with Gasteiger partial charge in [0.2, 0.25) is 5.91 Å². The maximum atomic E-state index is 11.6. The molecule has 1 aliphatic heterocycles. The summed E-state index contributed by atoms with van der Waals surface area (Å²) in [6, 6.07) is 0. The normalized spacial score (nSPS) is 25.8. The third-order valence-electron chi connectivity index (χ3n) is 3.01. The van der Waals surface area contributed by atoms with Crippen LogP contribution in [0, 0.1) is 11.8 Å². The molecule has 0 aromatic heterocycles. The quantitative estimate of drug-likeness (QED) is 0.646. The number of nitrogens with zero attached hydrogens (tertiary/aromatic N) is 1. The number of hydrogen-bond acceptors (Lipinski definition) is 3. The summed E-state index contributed by atoms with van der Waals surface area (Å²) in [5.74, 6) is 0.357. The molecule has 2 aliphatic rings. The number of ether oxygens (including phenoxy) is 1. The van der Waals surface area contributed by atoms with E-state index in [0.717, 1.165) is 6.54 Å². The lowest BCUT2D eigenvalue weighted by Crippen LogP contribution is -2.28. The molecule has 1 atom stereocenters. The molecule has 1 unspecified atom stereocenters. The molecule has 1 aliphatic carbocycles. The summed E-state index contributed by atoms with van der Waals surface area (Å²) in [4.78, 5) is 24.8. The summed E-state index contributed by atoms with van der Waals surface area (Å²) in [7, 11) is 0. The predicted molar refractivity (Wildman–Crippen MR) is 54.0 cm³/mol. The third-order valence-corrected chi connectivity index (χ3v) is 3.01. The SMILES string of the molecule is CCOC(=O)C1CC(=O)N(CC2CC2)C1. The van der Waals surface area contributed by atoms with E-state index in [1.54, 1.807) is 6.92 Å². The van der Waals surface area contributed by atoms with Crippen molar-refractivity contribution < 1.29 is 14.3 Å². The first-order chi connectivity index (χ1) is 7.20. The maximum absolute atomic E-state index is 11.6. The molecule has 1 heterocycles. The molecule has 0 aromatic carbocycles. The second-order valence-corrected chi connectivity index (χ2v) is 4.40. The van der Waals surface area contributed by atoms with Gasteiger partial charge in [0, 0.05) is 19.5 Å². The Bertz CT molecular complexity index is 273. The van der Waals surface area contributed by atoms with Gasteiger partial charge in [-0.25, -0.2) is 0 Å². The van der Waals surface area contributed by atoms with E-state index in [-0.39, 0.29) is 17.8 Å². The van der Waals surface area contributed by atoms with Crippen LogP contribution < -0.4 is 0 Å². The molecular weight excluding hydrogens is 194 g/mol. The standard InChI is InChI=1S/C11H17NO3/c1-2-15-11(14)9-5-10(13)12(7-9)6-8-3-4-8/h8-9H,2-7H2,1H3. The van der Waals surface area contributed by atoms with Crippen molar-refractivity contribution in [2.24, 2.45) is 11.8 Å². The van der Waals surface area contributed by atoms with Gasteiger partial charge in [-0.3, -0.25) is 9.59 Å². The van der Waals surface area contributed by atoms with Gasteiger partial charge < -0.3 is 9.64 Å². The van der Waals surface area contributed by atoms with Crippen molar-refractivity contribution in [3.05, 3.63) is 0 Å². The first-order valence-corrected chi connectivity index (χ1v) is 5.65. The predicted octanol–water partition coefficient (Wildman–Crippen LogP) is 0.808. The fraction of sp³-hybridized carbons (Fsp3) is 0.818. The van der Waals surface area contributed by atoms with Crippen LogP contribution >= 0.6 is 0 Å². The molecule has 0 aromatic rings. The van der Waals surface area contributed by atoms with Crippen molar-refractivity contribution in [2.75, 3.05) is 19.7 Å². The van der Waals surface area contributed by atoms with Crippen LogP contribution in [0.15, 0.2) is 0 Å². The van der Waals surface area contributed by atoms with Gasteiger partial charge in [-0.05, 0) is 25.7 Å². The van der Waals surface area contributed by atoms with Crippen molar-refractivity contribution in [3.8, 4) is 0 Å². The summed E-state index contributed by atoms with van der Waals surface area (Å²) < 4.78 is 4.93. The average Bonchev–Trinajstić information content (AvgIpc) is 2.92. The van der Waals surface area contributed by atoms with Crippen molar-refractivity contribution in [3.63, 3.8) is 0 Å². The minimum absolute atomic E-state index is 0.111. The second-order valence-electron chi connectivity index (χ2n) is 4.40. The molecule has 4 heteroatoms. The van der Waals surface area contributed by atoms with Gasteiger partial charge in [0.1, 0.15) is 0 Å². The van der Waals surface area contributed by atoms with Crippen molar-refractivity contribution in [1.29, 1.82) is 0 Å². The zero-order chi connectivity index (χ0) is 10.8. The number of carbonyl (C=O) groups is 2. The number of rotatable bonds is 4. The first kappa shape index (κ1) is 10.5. The highest BCUT2D eigenvalue weighted by Crippen LogP contribution is 2.32. The second kappa shape index (κ2) is 4.21. The summed E-state index contributed by atoms with van der Waals surface area (Å²) >= 11 is 0. The van der Waals surface area contributed by atoms with Crippen LogP contribution in [0.1, 0.15) is 26.2 Å². The van der Waals surface area contributed by atoms with E-state index in [0.29, 0.717) is 25.5 Å². The largest absolute Gasteiger partial charge is 0.466 e. The van der Waals surface area contributed by atoms with Crippen molar-refractivity contribution in [2.45, 2.75) is 26.2 Å². The molecule has 1 saturated carbocycles. The minimum Gasteiger partial charge on any atom is -0.466 e. The summed E-state index contributed by atoms with van der Waals surface area (Å²) in [6.45, 7) is 3.59. The fourth-order valence-electron chi connectivity index (χ4n) is 1.98. The lowest BCUT2D eigenvalue weighted by atomic mass is 10.1. The van der Waals surface area contributed by atoms with Gasteiger partial charge in [0.15, 0.2) is 0 Å². The number of carbonyl (C=O) groups excluding carboxylic acids is 2. The summed E-state index contributed by atoms with van der Waals surface area (Å²) in [5, 5.41) is 0. The van der Waals surface area contributed by atoms with E-state index >= 15 is 0 Å². The molecule has 0 radical (unpaired) electrons. The zero-order valence-electron chi connectivity index (χ0n) is 9.07. The van der Waals surface area contributed by atoms with Crippen LogP contribution in [0.5, 0.6) is 0 Å². The van der Waals surface area contributed by atoms with E-state index in [2.05, 4.69) is 0 Å². The molecular formula is C11H17NO3. The molecule has 1 saturated heterocycles. The minimum atomic E-state index is -0.226. The Labute approximate surface area is 89.6 Å². The lowest BCUT2D eigenvalue weighted by Gasteiger charge is -2.15.